The smallest absolute Gasteiger partial charge is 0.343 e. The van der Waals surface area contributed by atoms with Crippen LogP contribution in [0, 0.1) is 17.0 Å². The Labute approximate surface area is 188 Å². The first kappa shape index (κ1) is 21.6. The summed E-state index contributed by atoms with van der Waals surface area (Å²) >= 11 is 0. The van der Waals surface area contributed by atoms with Gasteiger partial charge in [0.05, 0.1) is 23.2 Å². The molecule has 33 heavy (non-hydrogen) atoms. The standard InChI is InChI=1S/C23H19N5O5/c1-3-33-23(30)17-13-24-27(20-12-11-15-7-4-5-9-18(15)25-20)21(17)26-22(29)16-8-6-10-19(14(16)2)28(31)32/h4-13H,3H2,1-2H3,(H,26,29). The molecule has 4 rings (SSSR count). The number of amides is 1. The second-order valence-corrected chi connectivity index (χ2v) is 7.06. The highest BCUT2D eigenvalue weighted by Crippen LogP contribution is 2.25. The van der Waals surface area contributed by atoms with Gasteiger partial charge in [0, 0.05) is 22.6 Å². The number of fused-ring (bicyclic) bond motifs is 1. The van der Waals surface area contributed by atoms with Gasteiger partial charge in [-0.25, -0.2) is 9.78 Å². The van der Waals surface area contributed by atoms with Gasteiger partial charge in [0.2, 0.25) is 0 Å². The molecule has 0 aliphatic rings. The van der Waals surface area contributed by atoms with Gasteiger partial charge in [-0.1, -0.05) is 24.3 Å². The van der Waals surface area contributed by atoms with Crippen LogP contribution in [0.4, 0.5) is 11.5 Å². The number of nitro benzene ring substituents is 1. The van der Waals surface area contributed by atoms with Gasteiger partial charge in [-0.15, -0.1) is 0 Å². The summed E-state index contributed by atoms with van der Waals surface area (Å²) in [5.41, 5.74) is 0.849. The van der Waals surface area contributed by atoms with Crippen molar-refractivity contribution in [2.75, 3.05) is 11.9 Å². The summed E-state index contributed by atoms with van der Waals surface area (Å²) in [5.74, 6) is -0.887. The molecule has 1 N–H and O–H groups in total. The van der Waals surface area contributed by atoms with Crippen LogP contribution in [0.3, 0.4) is 0 Å². The van der Waals surface area contributed by atoms with Crippen molar-refractivity contribution >= 4 is 34.3 Å². The van der Waals surface area contributed by atoms with Gasteiger partial charge in [-0.3, -0.25) is 14.9 Å². The van der Waals surface area contributed by atoms with Gasteiger partial charge >= 0.3 is 5.97 Å². The molecule has 0 fully saturated rings. The van der Waals surface area contributed by atoms with Crippen molar-refractivity contribution in [1.82, 2.24) is 14.8 Å². The molecule has 0 aliphatic heterocycles. The molecule has 2 heterocycles. The molecule has 0 bridgehead atoms. The fourth-order valence-corrected chi connectivity index (χ4v) is 3.42. The lowest BCUT2D eigenvalue weighted by molar-refractivity contribution is -0.385. The van der Waals surface area contributed by atoms with Crippen LogP contribution >= 0.6 is 0 Å². The van der Waals surface area contributed by atoms with Crippen molar-refractivity contribution < 1.29 is 19.2 Å². The van der Waals surface area contributed by atoms with Gasteiger partial charge < -0.3 is 10.1 Å². The number of rotatable bonds is 6. The Balaban J connectivity index is 1.79. The third kappa shape index (κ3) is 4.13. The maximum Gasteiger partial charge on any atom is 0.343 e. The highest BCUT2D eigenvalue weighted by molar-refractivity contribution is 6.08. The molecule has 0 saturated heterocycles. The van der Waals surface area contributed by atoms with Gasteiger partial charge in [0.25, 0.3) is 11.6 Å². The van der Waals surface area contributed by atoms with E-state index in [-0.39, 0.29) is 34.8 Å². The first-order valence-electron chi connectivity index (χ1n) is 10.1. The van der Waals surface area contributed by atoms with Crippen molar-refractivity contribution in [3.8, 4) is 5.82 Å². The first-order chi connectivity index (χ1) is 15.9. The van der Waals surface area contributed by atoms with E-state index in [2.05, 4.69) is 15.4 Å². The molecule has 0 aliphatic carbocycles. The minimum Gasteiger partial charge on any atom is -0.462 e. The molecule has 10 heteroatoms. The quantitative estimate of drug-likeness (QED) is 0.269. The second kappa shape index (κ2) is 8.87. The van der Waals surface area contributed by atoms with Crippen LogP contribution in [0.1, 0.15) is 33.2 Å². The molecule has 0 unspecified atom stereocenters. The monoisotopic (exact) mass is 445 g/mol. The molecular formula is C23H19N5O5. The summed E-state index contributed by atoms with van der Waals surface area (Å²) < 4.78 is 6.42. The zero-order chi connectivity index (χ0) is 23.5. The maximum atomic E-state index is 13.1. The molecule has 0 radical (unpaired) electrons. The Kier molecular flexibility index (Phi) is 5.81. The predicted molar refractivity (Wildman–Crippen MR) is 121 cm³/mol. The van der Waals surface area contributed by atoms with Crippen molar-refractivity contribution in [3.05, 3.63) is 87.6 Å². The molecule has 10 nitrogen and oxygen atoms in total. The summed E-state index contributed by atoms with van der Waals surface area (Å²) in [4.78, 5) is 40.9. The fraction of sp³-hybridized carbons (Fsp3) is 0.130. The van der Waals surface area contributed by atoms with Crippen LogP contribution in [0.2, 0.25) is 0 Å². The summed E-state index contributed by atoms with van der Waals surface area (Å²) in [5, 5.41) is 19.1. The zero-order valence-electron chi connectivity index (χ0n) is 17.8. The number of anilines is 1. The molecular weight excluding hydrogens is 426 g/mol. The number of carbonyl (C=O) groups is 2. The van der Waals surface area contributed by atoms with E-state index >= 15 is 0 Å². The molecule has 0 saturated carbocycles. The van der Waals surface area contributed by atoms with Crippen LogP contribution in [-0.4, -0.2) is 38.2 Å². The number of esters is 1. The summed E-state index contributed by atoms with van der Waals surface area (Å²) in [6, 6.07) is 15.2. The maximum absolute atomic E-state index is 13.1. The number of nitrogens with one attached hydrogen (secondary N) is 1. The lowest BCUT2D eigenvalue weighted by Gasteiger charge is -2.12. The first-order valence-corrected chi connectivity index (χ1v) is 10.1. The number of para-hydroxylation sites is 1. The average molecular weight is 445 g/mol. The highest BCUT2D eigenvalue weighted by Gasteiger charge is 2.25. The van der Waals surface area contributed by atoms with Crippen molar-refractivity contribution in [1.29, 1.82) is 0 Å². The number of ether oxygens (including phenoxy) is 1. The van der Waals surface area contributed by atoms with Crippen LogP contribution in [0.25, 0.3) is 16.7 Å². The number of nitro groups is 1. The van der Waals surface area contributed by atoms with E-state index in [1.54, 1.807) is 13.0 Å². The number of hydrogen-bond acceptors (Lipinski definition) is 7. The number of aromatic nitrogens is 3. The van der Waals surface area contributed by atoms with E-state index in [1.165, 1.54) is 36.0 Å². The normalized spacial score (nSPS) is 10.7. The van der Waals surface area contributed by atoms with E-state index in [0.29, 0.717) is 11.3 Å². The summed E-state index contributed by atoms with van der Waals surface area (Å²) in [6.45, 7) is 3.29. The zero-order valence-corrected chi connectivity index (χ0v) is 17.8. The molecule has 0 atom stereocenters. The molecule has 0 spiro atoms. The molecule has 4 aromatic rings. The van der Waals surface area contributed by atoms with Gasteiger partial charge in [-0.2, -0.15) is 9.78 Å². The van der Waals surface area contributed by atoms with Crippen molar-refractivity contribution in [3.63, 3.8) is 0 Å². The predicted octanol–water partition coefficient (Wildman–Crippen LogP) is 4.07. The van der Waals surface area contributed by atoms with Gasteiger partial charge in [0.15, 0.2) is 11.6 Å². The number of benzene rings is 2. The number of pyridine rings is 1. The van der Waals surface area contributed by atoms with Crippen LogP contribution < -0.4 is 5.32 Å². The van der Waals surface area contributed by atoms with E-state index in [0.717, 1.165) is 5.39 Å². The molecule has 1 amide bonds. The number of carbonyl (C=O) groups excluding carboxylic acids is 2. The second-order valence-electron chi connectivity index (χ2n) is 7.06. The van der Waals surface area contributed by atoms with E-state index in [9.17, 15) is 19.7 Å². The number of nitrogens with zero attached hydrogens (tertiary/aromatic N) is 4. The van der Waals surface area contributed by atoms with Gasteiger partial charge in [0.1, 0.15) is 5.56 Å². The lowest BCUT2D eigenvalue weighted by atomic mass is 10.1. The Morgan fingerprint density at radius 1 is 1.09 bits per heavy atom. The average Bonchev–Trinajstić information content (AvgIpc) is 3.22. The third-order valence-electron chi connectivity index (χ3n) is 5.04. The van der Waals surface area contributed by atoms with Crippen LogP contribution in [0.5, 0.6) is 0 Å². The van der Waals surface area contributed by atoms with E-state index < -0.39 is 16.8 Å². The molecule has 2 aromatic carbocycles. The Hall–Kier alpha value is -4.60. The van der Waals surface area contributed by atoms with Gasteiger partial charge in [-0.05, 0) is 38.1 Å². The fourth-order valence-electron chi connectivity index (χ4n) is 3.42. The van der Waals surface area contributed by atoms with Crippen LogP contribution in [0.15, 0.2) is 60.8 Å². The third-order valence-corrected chi connectivity index (χ3v) is 5.04. The Bertz CT molecular complexity index is 1400. The lowest BCUT2D eigenvalue weighted by Crippen LogP contribution is -2.19. The van der Waals surface area contributed by atoms with Crippen LogP contribution in [-0.2, 0) is 4.74 Å². The van der Waals surface area contributed by atoms with Crippen molar-refractivity contribution in [2.45, 2.75) is 13.8 Å². The Morgan fingerprint density at radius 2 is 1.88 bits per heavy atom. The summed E-state index contributed by atoms with van der Waals surface area (Å²) in [6.07, 6.45) is 1.28. The highest BCUT2D eigenvalue weighted by atomic mass is 16.6. The van der Waals surface area contributed by atoms with E-state index in [1.807, 2.05) is 30.3 Å². The number of hydrogen-bond donors (Lipinski definition) is 1. The summed E-state index contributed by atoms with van der Waals surface area (Å²) in [7, 11) is 0. The largest absolute Gasteiger partial charge is 0.462 e. The van der Waals surface area contributed by atoms with E-state index in [4.69, 9.17) is 4.74 Å². The molecule has 2 aromatic heterocycles. The van der Waals surface area contributed by atoms with Crippen molar-refractivity contribution in [2.24, 2.45) is 0 Å². The minimum absolute atomic E-state index is 0.0308. The topological polar surface area (TPSA) is 129 Å². The molecule has 166 valence electrons. The minimum atomic E-state index is -0.671. The Morgan fingerprint density at radius 3 is 2.64 bits per heavy atom. The SMILES string of the molecule is CCOC(=O)c1cnn(-c2ccc3ccccc3n2)c1NC(=O)c1cccc([N+](=O)[O-])c1C.